The molecule has 0 bridgehead atoms. The second-order valence-corrected chi connectivity index (χ2v) is 8.95. The highest BCUT2D eigenvalue weighted by Crippen LogP contribution is 2.53. The molecule has 1 aromatic heterocycles. The van der Waals surface area contributed by atoms with Crippen LogP contribution in [0.4, 0.5) is 17.1 Å². The Bertz CT molecular complexity index is 1150. The van der Waals surface area contributed by atoms with Gasteiger partial charge in [-0.25, -0.2) is 0 Å². The molecule has 29 heavy (non-hydrogen) atoms. The molecule has 0 radical (unpaired) electrons. The van der Waals surface area contributed by atoms with E-state index in [1.165, 1.54) is 21.6 Å². The SMILES string of the molecule is CC1(C)c2cc(N(c3ccccc3)c3ccccc3)ccc2-c2sc(C=O)cc21. The molecular weight excluding hydrogens is 374 g/mol. The van der Waals surface area contributed by atoms with E-state index in [1.807, 2.05) is 12.1 Å². The van der Waals surface area contributed by atoms with Crippen molar-refractivity contribution in [2.24, 2.45) is 0 Å². The number of carbonyl (C=O) groups excluding carboxylic acids is 1. The summed E-state index contributed by atoms with van der Waals surface area (Å²) in [6.07, 6.45) is 0.958. The van der Waals surface area contributed by atoms with Gasteiger partial charge in [-0.15, -0.1) is 11.3 Å². The third-order valence-corrected chi connectivity index (χ3v) is 6.84. The van der Waals surface area contributed by atoms with E-state index in [0.29, 0.717) is 0 Å². The number of hydrogen-bond donors (Lipinski definition) is 0. The number of thiophene rings is 1. The molecule has 1 aliphatic rings. The van der Waals surface area contributed by atoms with Crippen LogP contribution in [-0.4, -0.2) is 6.29 Å². The average molecular weight is 396 g/mol. The van der Waals surface area contributed by atoms with Crippen LogP contribution in [0.3, 0.4) is 0 Å². The molecule has 0 aliphatic heterocycles. The lowest BCUT2D eigenvalue weighted by Gasteiger charge is -2.28. The molecule has 0 amide bonds. The van der Waals surface area contributed by atoms with Crippen molar-refractivity contribution in [3.63, 3.8) is 0 Å². The van der Waals surface area contributed by atoms with Crippen LogP contribution in [0.1, 0.15) is 34.6 Å². The summed E-state index contributed by atoms with van der Waals surface area (Å²) < 4.78 is 0. The summed E-state index contributed by atoms with van der Waals surface area (Å²) in [6, 6.07) is 29.7. The fraction of sp³-hybridized carbons (Fsp3) is 0.115. The molecule has 1 aliphatic carbocycles. The lowest BCUT2D eigenvalue weighted by molar-refractivity contribution is 0.112. The Morgan fingerprint density at radius 2 is 1.38 bits per heavy atom. The van der Waals surface area contributed by atoms with Crippen molar-refractivity contribution in [1.82, 2.24) is 0 Å². The molecule has 2 nitrogen and oxygen atoms in total. The zero-order valence-corrected chi connectivity index (χ0v) is 17.2. The van der Waals surface area contributed by atoms with Crippen molar-refractivity contribution in [2.75, 3.05) is 4.90 Å². The predicted octanol–water partition coefficient (Wildman–Crippen LogP) is 7.34. The lowest BCUT2D eigenvalue weighted by atomic mass is 9.82. The summed E-state index contributed by atoms with van der Waals surface area (Å²) in [6.45, 7) is 4.50. The molecular formula is C26H21NOS. The number of aldehydes is 1. The van der Waals surface area contributed by atoms with Crippen LogP contribution in [0, 0.1) is 0 Å². The van der Waals surface area contributed by atoms with E-state index in [9.17, 15) is 4.79 Å². The molecule has 0 saturated carbocycles. The summed E-state index contributed by atoms with van der Waals surface area (Å²) in [4.78, 5) is 15.6. The summed E-state index contributed by atoms with van der Waals surface area (Å²) in [5.41, 5.74) is 7.08. The zero-order valence-electron chi connectivity index (χ0n) is 16.4. The maximum Gasteiger partial charge on any atom is 0.160 e. The first-order chi connectivity index (χ1) is 14.1. The van der Waals surface area contributed by atoms with E-state index in [4.69, 9.17) is 0 Å². The summed E-state index contributed by atoms with van der Waals surface area (Å²) >= 11 is 1.59. The molecule has 3 aromatic carbocycles. The largest absolute Gasteiger partial charge is 0.310 e. The smallest absolute Gasteiger partial charge is 0.160 e. The molecule has 0 unspecified atom stereocenters. The maximum atomic E-state index is 11.3. The van der Waals surface area contributed by atoms with Gasteiger partial charge in [0.25, 0.3) is 0 Å². The molecule has 0 N–H and O–H groups in total. The molecule has 142 valence electrons. The summed E-state index contributed by atoms with van der Waals surface area (Å²) in [7, 11) is 0. The Kier molecular flexibility index (Phi) is 4.14. The van der Waals surface area contributed by atoms with Gasteiger partial charge in [-0.3, -0.25) is 4.79 Å². The lowest BCUT2D eigenvalue weighted by Crippen LogP contribution is -2.16. The van der Waals surface area contributed by atoms with Gasteiger partial charge in [0, 0.05) is 27.4 Å². The molecule has 0 fully saturated rings. The minimum Gasteiger partial charge on any atom is -0.310 e. The van der Waals surface area contributed by atoms with Crippen LogP contribution >= 0.6 is 11.3 Å². The molecule has 4 aromatic rings. The Morgan fingerprint density at radius 3 is 1.97 bits per heavy atom. The Labute approximate surface area is 175 Å². The number of rotatable bonds is 4. The van der Waals surface area contributed by atoms with Crippen LogP contribution in [0.2, 0.25) is 0 Å². The van der Waals surface area contributed by atoms with Crippen molar-refractivity contribution in [3.05, 3.63) is 101 Å². The van der Waals surface area contributed by atoms with Crippen LogP contribution in [-0.2, 0) is 5.41 Å². The van der Waals surface area contributed by atoms with E-state index in [0.717, 1.165) is 28.2 Å². The average Bonchev–Trinajstić information content (AvgIpc) is 3.28. The fourth-order valence-corrected chi connectivity index (χ4v) is 5.44. The first-order valence-electron chi connectivity index (χ1n) is 9.74. The number of fused-ring (bicyclic) bond motifs is 3. The van der Waals surface area contributed by atoms with E-state index >= 15 is 0 Å². The number of para-hydroxylation sites is 2. The predicted molar refractivity (Wildman–Crippen MR) is 122 cm³/mol. The quantitative estimate of drug-likeness (QED) is 0.337. The number of nitrogens with zero attached hydrogens (tertiary/aromatic N) is 1. The standard InChI is InChI=1S/C26H21NOS/c1-26(2)23-15-20(13-14-22(23)25-24(26)16-21(17-28)29-25)27(18-9-5-3-6-10-18)19-11-7-4-8-12-19/h3-17H,1-2H3. The normalized spacial score (nSPS) is 13.6. The highest BCUT2D eigenvalue weighted by atomic mass is 32.1. The van der Waals surface area contributed by atoms with E-state index in [2.05, 4.69) is 91.5 Å². The summed E-state index contributed by atoms with van der Waals surface area (Å²) in [5, 5.41) is 0. The highest BCUT2D eigenvalue weighted by molar-refractivity contribution is 7.17. The van der Waals surface area contributed by atoms with Crippen molar-refractivity contribution < 1.29 is 4.79 Å². The molecule has 0 spiro atoms. The zero-order chi connectivity index (χ0) is 20.0. The van der Waals surface area contributed by atoms with Gasteiger partial charge >= 0.3 is 0 Å². The second-order valence-electron chi connectivity index (χ2n) is 7.87. The molecule has 3 heteroatoms. The summed E-state index contributed by atoms with van der Waals surface area (Å²) in [5.74, 6) is 0. The molecule has 0 saturated heterocycles. The van der Waals surface area contributed by atoms with Gasteiger partial charge in [0.1, 0.15) is 0 Å². The van der Waals surface area contributed by atoms with Gasteiger partial charge in [0.15, 0.2) is 6.29 Å². The number of benzene rings is 3. The van der Waals surface area contributed by atoms with Gasteiger partial charge in [0.2, 0.25) is 0 Å². The Morgan fingerprint density at radius 1 is 0.759 bits per heavy atom. The van der Waals surface area contributed by atoms with Crippen molar-refractivity contribution >= 4 is 34.7 Å². The minimum atomic E-state index is -0.127. The number of carbonyl (C=O) groups is 1. The topological polar surface area (TPSA) is 20.3 Å². The Balaban J connectivity index is 1.68. The van der Waals surface area contributed by atoms with Crippen LogP contribution in [0.25, 0.3) is 10.4 Å². The first kappa shape index (κ1) is 17.9. The van der Waals surface area contributed by atoms with Gasteiger partial charge in [-0.2, -0.15) is 0 Å². The Hall–Kier alpha value is -3.17. The third kappa shape index (κ3) is 2.81. The first-order valence-corrected chi connectivity index (χ1v) is 10.6. The fourth-order valence-electron chi connectivity index (χ4n) is 4.27. The van der Waals surface area contributed by atoms with Crippen LogP contribution in [0.5, 0.6) is 0 Å². The highest BCUT2D eigenvalue weighted by Gasteiger charge is 2.37. The maximum absolute atomic E-state index is 11.3. The van der Waals surface area contributed by atoms with Crippen molar-refractivity contribution in [1.29, 1.82) is 0 Å². The van der Waals surface area contributed by atoms with Crippen molar-refractivity contribution in [3.8, 4) is 10.4 Å². The van der Waals surface area contributed by atoms with Crippen molar-refractivity contribution in [2.45, 2.75) is 19.3 Å². The van der Waals surface area contributed by atoms with Gasteiger partial charge in [-0.05, 0) is 59.2 Å². The van der Waals surface area contributed by atoms with E-state index in [-0.39, 0.29) is 5.41 Å². The number of anilines is 3. The molecule has 5 rings (SSSR count). The third-order valence-electron chi connectivity index (χ3n) is 5.75. The number of hydrogen-bond acceptors (Lipinski definition) is 3. The van der Waals surface area contributed by atoms with Gasteiger partial charge in [-0.1, -0.05) is 56.3 Å². The van der Waals surface area contributed by atoms with Gasteiger partial charge in [0.05, 0.1) is 4.88 Å². The van der Waals surface area contributed by atoms with E-state index < -0.39 is 0 Å². The van der Waals surface area contributed by atoms with Crippen LogP contribution < -0.4 is 4.90 Å². The van der Waals surface area contributed by atoms with Gasteiger partial charge < -0.3 is 4.90 Å². The van der Waals surface area contributed by atoms with Crippen LogP contribution in [0.15, 0.2) is 84.9 Å². The van der Waals surface area contributed by atoms with E-state index in [1.54, 1.807) is 11.3 Å². The second kappa shape index (κ2) is 6.71. The molecule has 1 heterocycles. The molecule has 0 atom stereocenters. The minimum absolute atomic E-state index is 0.127. The monoisotopic (exact) mass is 395 g/mol.